The van der Waals surface area contributed by atoms with E-state index >= 15 is 0 Å². The van der Waals surface area contributed by atoms with Crippen molar-refractivity contribution in [1.29, 1.82) is 0 Å². The van der Waals surface area contributed by atoms with Crippen LogP contribution in [-0.2, 0) is 9.59 Å². The van der Waals surface area contributed by atoms with Crippen LogP contribution in [0.25, 0.3) is 0 Å². The second-order valence-electron chi connectivity index (χ2n) is 4.21. The summed E-state index contributed by atoms with van der Waals surface area (Å²) in [6.07, 6.45) is 0. The van der Waals surface area contributed by atoms with E-state index in [4.69, 9.17) is 0 Å². The first kappa shape index (κ1) is 14.7. The van der Waals surface area contributed by atoms with Crippen LogP contribution in [0.5, 0.6) is 0 Å². The minimum atomic E-state index is -0.212. The third-order valence-corrected chi connectivity index (χ3v) is 2.15. The van der Waals surface area contributed by atoms with Gasteiger partial charge in [0.05, 0.1) is 12.2 Å². The lowest BCUT2D eigenvalue weighted by Crippen LogP contribution is -2.36. The summed E-state index contributed by atoms with van der Waals surface area (Å²) in [6.45, 7) is 10.1. The predicted molar refractivity (Wildman–Crippen MR) is 64.9 cm³/mol. The van der Waals surface area contributed by atoms with Gasteiger partial charge in [0.15, 0.2) is 5.78 Å². The summed E-state index contributed by atoms with van der Waals surface area (Å²) < 4.78 is 0. The lowest BCUT2D eigenvalue weighted by atomic mass is 10.1. The van der Waals surface area contributed by atoms with E-state index in [0.29, 0.717) is 12.2 Å². The standard InChI is InChI=1S/C12H22N2O2/c1-6-13-11(9(4)5)12(16)14-7-10(15)8(2)3/h8,13H,6-7H2,1-5H3,(H,14,16). The van der Waals surface area contributed by atoms with Crippen LogP contribution in [0.2, 0.25) is 0 Å². The van der Waals surface area contributed by atoms with Gasteiger partial charge in [0.2, 0.25) is 0 Å². The number of Topliss-reactive ketones (excluding diaryl/α,β-unsaturated/α-hetero) is 1. The van der Waals surface area contributed by atoms with Gasteiger partial charge < -0.3 is 10.6 Å². The topological polar surface area (TPSA) is 58.2 Å². The van der Waals surface area contributed by atoms with Crippen molar-refractivity contribution in [2.24, 2.45) is 5.92 Å². The van der Waals surface area contributed by atoms with Gasteiger partial charge in [-0.3, -0.25) is 9.59 Å². The molecule has 0 heterocycles. The molecule has 0 unspecified atom stereocenters. The molecule has 0 fully saturated rings. The van der Waals surface area contributed by atoms with Gasteiger partial charge in [-0.25, -0.2) is 0 Å². The van der Waals surface area contributed by atoms with Crippen molar-refractivity contribution in [3.8, 4) is 0 Å². The maximum atomic E-state index is 11.7. The average molecular weight is 226 g/mol. The van der Waals surface area contributed by atoms with Crippen LogP contribution < -0.4 is 10.6 Å². The summed E-state index contributed by atoms with van der Waals surface area (Å²) >= 11 is 0. The zero-order chi connectivity index (χ0) is 12.7. The molecular weight excluding hydrogens is 204 g/mol. The fourth-order valence-electron chi connectivity index (χ4n) is 1.12. The monoisotopic (exact) mass is 226 g/mol. The van der Waals surface area contributed by atoms with Crippen molar-refractivity contribution in [3.63, 3.8) is 0 Å². The van der Waals surface area contributed by atoms with Crippen molar-refractivity contribution in [2.45, 2.75) is 34.6 Å². The largest absolute Gasteiger partial charge is 0.381 e. The molecule has 1 amide bonds. The smallest absolute Gasteiger partial charge is 0.267 e. The average Bonchev–Trinajstić information content (AvgIpc) is 2.21. The first-order valence-corrected chi connectivity index (χ1v) is 5.62. The second kappa shape index (κ2) is 7.04. The Kier molecular flexibility index (Phi) is 6.46. The molecule has 0 aromatic rings. The Morgan fingerprint density at radius 2 is 1.69 bits per heavy atom. The number of allylic oxidation sites excluding steroid dienone is 1. The molecule has 0 aliphatic rings. The third-order valence-electron chi connectivity index (χ3n) is 2.15. The Balaban J connectivity index is 4.35. The summed E-state index contributed by atoms with van der Waals surface area (Å²) in [5, 5.41) is 5.61. The minimum absolute atomic E-state index is 0.0398. The molecule has 0 radical (unpaired) electrons. The number of hydrogen-bond acceptors (Lipinski definition) is 3. The molecule has 0 rings (SSSR count). The molecule has 0 aliphatic carbocycles. The number of nitrogens with one attached hydrogen (secondary N) is 2. The molecule has 0 atom stereocenters. The lowest BCUT2D eigenvalue weighted by Gasteiger charge is -2.12. The number of carbonyl (C=O) groups excluding carboxylic acids is 2. The van der Waals surface area contributed by atoms with E-state index in [0.717, 1.165) is 5.57 Å². The van der Waals surface area contributed by atoms with E-state index in [1.165, 1.54) is 0 Å². The highest BCUT2D eigenvalue weighted by Gasteiger charge is 2.13. The quantitative estimate of drug-likeness (QED) is 0.670. The molecule has 92 valence electrons. The fraction of sp³-hybridized carbons (Fsp3) is 0.667. The Labute approximate surface area is 97.5 Å². The Bertz CT molecular complexity index is 289. The molecule has 0 bridgehead atoms. The third kappa shape index (κ3) is 4.96. The number of amides is 1. The zero-order valence-corrected chi connectivity index (χ0v) is 10.8. The van der Waals surface area contributed by atoms with E-state index in [9.17, 15) is 9.59 Å². The predicted octanol–water partition coefficient (Wildman–Crippen LogP) is 1.23. The van der Waals surface area contributed by atoms with E-state index < -0.39 is 0 Å². The summed E-state index contributed by atoms with van der Waals surface area (Å²) in [5.74, 6) is -0.219. The minimum Gasteiger partial charge on any atom is -0.381 e. The molecule has 2 N–H and O–H groups in total. The van der Waals surface area contributed by atoms with Crippen LogP contribution >= 0.6 is 0 Å². The normalized spacial score (nSPS) is 9.88. The molecule has 0 saturated carbocycles. The number of likely N-dealkylation sites (N-methyl/N-ethyl adjacent to an activating group) is 1. The van der Waals surface area contributed by atoms with Crippen molar-refractivity contribution in [1.82, 2.24) is 10.6 Å². The number of hydrogen-bond donors (Lipinski definition) is 2. The van der Waals surface area contributed by atoms with Gasteiger partial charge in [-0.05, 0) is 26.3 Å². The van der Waals surface area contributed by atoms with Gasteiger partial charge in [0.25, 0.3) is 5.91 Å². The molecule has 0 aromatic heterocycles. The van der Waals surface area contributed by atoms with Crippen LogP contribution in [0, 0.1) is 5.92 Å². The Hall–Kier alpha value is -1.32. The van der Waals surface area contributed by atoms with Gasteiger partial charge in [0.1, 0.15) is 0 Å². The second-order valence-corrected chi connectivity index (χ2v) is 4.21. The molecule has 0 aliphatic heterocycles. The SMILES string of the molecule is CCNC(C(=O)NCC(=O)C(C)C)=C(C)C. The lowest BCUT2D eigenvalue weighted by molar-refractivity contribution is -0.125. The van der Waals surface area contributed by atoms with Crippen LogP contribution in [0.3, 0.4) is 0 Å². The molecule has 16 heavy (non-hydrogen) atoms. The molecule has 0 aromatic carbocycles. The van der Waals surface area contributed by atoms with E-state index in [-0.39, 0.29) is 24.2 Å². The summed E-state index contributed by atoms with van der Waals surface area (Å²) in [6, 6.07) is 0. The molecule has 4 nitrogen and oxygen atoms in total. The Morgan fingerprint density at radius 3 is 2.06 bits per heavy atom. The van der Waals surface area contributed by atoms with Gasteiger partial charge in [-0.1, -0.05) is 13.8 Å². The highest BCUT2D eigenvalue weighted by molar-refractivity contribution is 5.96. The first-order valence-electron chi connectivity index (χ1n) is 5.62. The molecule has 4 heteroatoms. The molecular formula is C12H22N2O2. The van der Waals surface area contributed by atoms with E-state index in [2.05, 4.69) is 10.6 Å². The zero-order valence-electron chi connectivity index (χ0n) is 10.8. The van der Waals surface area contributed by atoms with Gasteiger partial charge in [-0.15, -0.1) is 0 Å². The van der Waals surface area contributed by atoms with Crippen molar-refractivity contribution >= 4 is 11.7 Å². The van der Waals surface area contributed by atoms with Crippen LogP contribution in [0.1, 0.15) is 34.6 Å². The van der Waals surface area contributed by atoms with Gasteiger partial charge >= 0.3 is 0 Å². The molecule has 0 saturated heterocycles. The summed E-state index contributed by atoms with van der Waals surface area (Å²) in [4.78, 5) is 23.1. The number of carbonyl (C=O) groups is 2. The van der Waals surface area contributed by atoms with Crippen LogP contribution in [0.15, 0.2) is 11.3 Å². The number of ketones is 1. The highest BCUT2D eigenvalue weighted by Crippen LogP contribution is 1.99. The molecule has 0 spiro atoms. The van der Waals surface area contributed by atoms with Crippen LogP contribution in [0.4, 0.5) is 0 Å². The first-order chi connectivity index (χ1) is 7.40. The van der Waals surface area contributed by atoms with E-state index in [1.54, 1.807) is 0 Å². The fourth-order valence-corrected chi connectivity index (χ4v) is 1.12. The maximum Gasteiger partial charge on any atom is 0.267 e. The van der Waals surface area contributed by atoms with E-state index in [1.807, 2.05) is 34.6 Å². The van der Waals surface area contributed by atoms with Crippen molar-refractivity contribution in [3.05, 3.63) is 11.3 Å². The Morgan fingerprint density at radius 1 is 1.12 bits per heavy atom. The maximum absolute atomic E-state index is 11.7. The van der Waals surface area contributed by atoms with Gasteiger partial charge in [-0.2, -0.15) is 0 Å². The van der Waals surface area contributed by atoms with Gasteiger partial charge in [0, 0.05) is 12.5 Å². The summed E-state index contributed by atoms with van der Waals surface area (Å²) in [5.41, 5.74) is 1.47. The highest BCUT2D eigenvalue weighted by atomic mass is 16.2. The number of rotatable bonds is 6. The van der Waals surface area contributed by atoms with Crippen molar-refractivity contribution in [2.75, 3.05) is 13.1 Å². The summed E-state index contributed by atoms with van der Waals surface area (Å²) in [7, 11) is 0. The van der Waals surface area contributed by atoms with Crippen molar-refractivity contribution < 1.29 is 9.59 Å². The van der Waals surface area contributed by atoms with Crippen LogP contribution in [-0.4, -0.2) is 24.8 Å².